The molecule has 1 aromatic rings. The molecule has 0 radical (unpaired) electrons. The van der Waals surface area contributed by atoms with E-state index in [-0.39, 0.29) is 6.61 Å². The zero-order chi connectivity index (χ0) is 18.5. The summed E-state index contributed by atoms with van der Waals surface area (Å²) in [4.78, 5) is 35.6. The van der Waals surface area contributed by atoms with Crippen LogP contribution in [0.25, 0.3) is 0 Å². The lowest BCUT2D eigenvalue weighted by atomic mass is 9.81. The minimum atomic E-state index is -1.19. The molecule has 4 atom stereocenters. The molecule has 0 aromatic heterocycles. The Labute approximate surface area is 152 Å². The molecule has 142 valence electrons. The Morgan fingerprint density at radius 2 is 1.48 bits per heavy atom. The fraction of sp³-hybridized carbons (Fsp3) is 0.471. The van der Waals surface area contributed by atoms with Crippen molar-refractivity contribution in [3.05, 3.63) is 35.9 Å². The summed E-state index contributed by atoms with van der Waals surface area (Å²) in [5.41, 5.74) is 0.729. The third-order valence-corrected chi connectivity index (χ3v) is 4.83. The highest BCUT2D eigenvalue weighted by Crippen LogP contribution is 2.45. The molecule has 4 aliphatic heterocycles. The quantitative estimate of drug-likeness (QED) is 0.405. The first-order chi connectivity index (χ1) is 13.1. The van der Waals surface area contributed by atoms with Gasteiger partial charge in [-0.1, -0.05) is 30.3 Å². The van der Waals surface area contributed by atoms with Crippen LogP contribution in [-0.2, 0) is 49.4 Å². The van der Waals surface area contributed by atoms with Crippen LogP contribution in [0, 0.1) is 0 Å². The molecule has 4 saturated heterocycles. The molecular formula is C17H14O10. The number of carbonyl (C=O) groups excluding carboxylic acids is 3. The minimum absolute atomic E-state index is 0.0662. The molecule has 6 rings (SSSR count). The fourth-order valence-electron chi connectivity index (χ4n) is 3.67. The lowest BCUT2D eigenvalue weighted by Crippen LogP contribution is -2.78. The average molecular weight is 378 g/mol. The van der Waals surface area contributed by atoms with Gasteiger partial charge in [-0.2, -0.15) is 0 Å². The Bertz CT molecular complexity index is 753. The van der Waals surface area contributed by atoms with Gasteiger partial charge in [0.15, 0.2) is 18.3 Å². The molecule has 4 heterocycles. The summed E-state index contributed by atoms with van der Waals surface area (Å²) in [7, 11) is 0. The van der Waals surface area contributed by atoms with E-state index in [1.165, 1.54) is 0 Å². The maximum absolute atomic E-state index is 12.2. The van der Waals surface area contributed by atoms with Gasteiger partial charge < -0.3 is 33.2 Å². The molecule has 5 aliphatic rings. The molecule has 0 amide bonds. The molecule has 6 bridgehead atoms. The summed E-state index contributed by atoms with van der Waals surface area (Å²) < 4.78 is 36.8. The van der Waals surface area contributed by atoms with Crippen LogP contribution in [0.2, 0.25) is 0 Å². The van der Waals surface area contributed by atoms with Crippen LogP contribution >= 0.6 is 0 Å². The second kappa shape index (κ2) is 6.19. The van der Waals surface area contributed by atoms with Gasteiger partial charge in [-0.15, -0.1) is 0 Å². The fourth-order valence-corrected chi connectivity index (χ4v) is 3.67. The third-order valence-electron chi connectivity index (χ3n) is 4.83. The van der Waals surface area contributed by atoms with Crippen LogP contribution < -0.4 is 0 Å². The molecule has 1 saturated carbocycles. The van der Waals surface area contributed by atoms with Gasteiger partial charge in [-0.25, -0.2) is 14.4 Å². The van der Waals surface area contributed by atoms with Crippen molar-refractivity contribution in [1.29, 1.82) is 0 Å². The minimum Gasteiger partial charge on any atom is -0.452 e. The van der Waals surface area contributed by atoms with E-state index in [0.717, 1.165) is 5.56 Å². The van der Waals surface area contributed by atoms with E-state index in [1.54, 1.807) is 24.3 Å². The first-order valence-electron chi connectivity index (χ1n) is 8.35. The molecule has 0 spiro atoms. The predicted octanol–water partition coefficient (Wildman–Crippen LogP) is 0.0256. The molecule has 5 fully saturated rings. The topological polar surface area (TPSA) is 116 Å². The maximum atomic E-state index is 12.2. The second-order valence-electron chi connectivity index (χ2n) is 6.44. The molecule has 1 aromatic carbocycles. The van der Waals surface area contributed by atoms with E-state index in [2.05, 4.69) is 0 Å². The standard InChI is InChI=1S/C17H14O10/c18-14(21-6-7-4-2-1-3-5-7)15(19)22-8-11-9-13-10(24-16(20)23-9)12(8)26-17(25-11)27-13/h1-5,8-13,17H,6H2. The molecule has 0 N–H and O–H groups in total. The van der Waals surface area contributed by atoms with Crippen LogP contribution in [0.15, 0.2) is 30.3 Å². The zero-order valence-electron chi connectivity index (χ0n) is 13.7. The zero-order valence-corrected chi connectivity index (χ0v) is 13.7. The van der Waals surface area contributed by atoms with Crippen LogP contribution in [0.1, 0.15) is 5.56 Å². The van der Waals surface area contributed by atoms with Crippen molar-refractivity contribution in [2.75, 3.05) is 0 Å². The molecule has 4 unspecified atom stereocenters. The number of ether oxygens (including phenoxy) is 7. The monoisotopic (exact) mass is 378 g/mol. The lowest BCUT2D eigenvalue weighted by Gasteiger charge is -2.58. The number of carbonyl (C=O) groups is 3. The maximum Gasteiger partial charge on any atom is 0.509 e. The van der Waals surface area contributed by atoms with Crippen molar-refractivity contribution in [1.82, 2.24) is 0 Å². The van der Waals surface area contributed by atoms with E-state index < -0.39 is 61.2 Å². The lowest BCUT2D eigenvalue weighted by molar-refractivity contribution is -0.488. The molecule has 10 heteroatoms. The predicted molar refractivity (Wildman–Crippen MR) is 79.7 cm³/mol. The van der Waals surface area contributed by atoms with Crippen LogP contribution in [-0.4, -0.2) is 61.2 Å². The summed E-state index contributed by atoms with van der Waals surface area (Å²) in [5.74, 6) is -2.34. The highest BCUT2D eigenvalue weighted by atomic mass is 16.9. The number of esters is 2. The largest absolute Gasteiger partial charge is 0.509 e. The molecule has 27 heavy (non-hydrogen) atoms. The second-order valence-corrected chi connectivity index (χ2v) is 6.44. The summed E-state index contributed by atoms with van der Waals surface area (Å²) in [6, 6.07) is 8.90. The Kier molecular flexibility index (Phi) is 3.78. The van der Waals surface area contributed by atoms with Crippen molar-refractivity contribution in [2.45, 2.75) is 49.7 Å². The van der Waals surface area contributed by atoms with Crippen molar-refractivity contribution < 1.29 is 47.5 Å². The third kappa shape index (κ3) is 2.73. The Morgan fingerprint density at radius 1 is 0.852 bits per heavy atom. The summed E-state index contributed by atoms with van der Waals surface area (Å²) in [6.07, 6.45) is -5.72. The number of hydrogen-bond acceptors (Lipinski definition) is 10. The van der Waals surface area contributed by atoms with Crippen molar-refractivity contribution >= 4 is 18.1 Å². The molecule has 1 aliphatic carbocycles. The van der Waals surface area contributed by atoms with Crippen LogP contribution in [0.3, 0.4) is 0 Å². The summed E-state index contributed by atoms with van der Waals surface area (Å²) in [5, 5.41) is 0. The van der Waals surface area contributed by atoms with E-state index in [1.807, 2.05) is 6.07 Å². The smallest absolute Gasteiger partial charge is 0.452 e. The van der Waals surface area contributed by atoms with E-state index in [0.29, 0.717) is 0 Å². The van der Waals surface area contributed by atoms with Gasteiger partial charge in [0.2, 0.25) is 0 Å². The van der Waals surface area contributed by atoms with Crippen molar-refractivity contribution in [3.63, 3.8) is 0 Å². The summed E-state index contributed by atoms with van der Waals surface area (Å²) in [6.45, 7) is -1.03. The van der Waals surface area contributed by atoms with Gasteiger partial charge in [-0.3, -0.25) is 0 Å². The van der Waals surface area contributed by atoms with Crippen molar-refractivity contribution in [2.24, 2.45) is 0 Å². The van der Waals surface area contributed by atoms with Crippen LogP contribution in [0.4, 0.5) is 4.79 Å². The van der Waals surface area contributed by atoms with Crippen LogP contribution in [0.5, 0.6) is 0 Å². The molecule has 10 nitrogen and oxygen atoms in total. The average Bonchev–Trinajstić information content (AvgIpc) is 2.68. The van der Waals surface area contributed by atoms with Gasteiger partial charge in [0.25, 0.3) is 6.48 Å². The Balaban J connectivity index is 1.26. The number of hydrogen-bond donors (Lipinski definition) is 0. The van der Waals surface area contributed by atoms with Gasteiger partial charge in [0.05, 0.1) is 0 Å². The van der Waals surface area contributed by atoms with Gasteiger partial charge in [0, 0.05) is 0 Å². The van der Waals surface area contributed by atoms with E-state index >= 15 is 0 Å². The number of rotatable bonds is 3. The van der Waals surface area contributed by atoms with E-state index in [4.69, 9.17) is 33.2 Å². The Morgan fingerprint density at radius 3 is 2.15 bits per heavy atom. The SMILES string of the molecule is O=C1OC2C3OC4OC2C(OC(=O)C(=O)OCc2ccccc2)C(O4)C3O1. The highest BCUT2D eigenvalue weighted by molar-refractivity contribution is 6.29. The van der Waals surface area contributed by atoms with Crippen molar-refractivity contribution in [3.8, 4) is 0 Å². The highest BCUT2D eigenvalue weighted by Gasteiger charge is 2.68. The number of benzene rings is 1. The van der Waals surface area contributed by atoms with E-state index in [9.17, 15) is 14.4 Å². The first-order valence-corrected chi connectivity index (χ1v) is 8.35. The van der Waals surface area contributed by atoms with Gasteiger partial charge >= 0.3 is 18.1 Å². The normalized spacial score (nSPS) is 37.9. The summed E-state index contributed by atoms with van der Waals surface area (Å²) >= 11 is 0. The van der Waals surface area contributed by atoms with Gasteiger partial charge in [-0.05, 0) is 5.56 Å². The molecular weight excluding hydrogens is 364 g/mol. The van der Waals surface area contributed by atoms with Gasteiger partial charge in [0.1, 0.15) is 24.9 Å². The first kappa shape index (κ1) is 16.5. The Hall–Kier alpha value is -2.69.